The molecule has 0 radical (unpaired) electrons. The molecule has 13 heavy (non-hydrogen) atoms. The maximum atomic E-state index is 3.89. The first-order valence-electron chi connectivity index (χ1n) is 5.60. The summed E-state index contributed by atoms with van der Waals surface area (Å²) in [5.74, 6) is 0. The van der Waals surface area contributed by atoms with E-state index in [1.54, 1.807) is 0 Å². The van der Waals surface area contributed by atoms with Crippen LogP contribution < -0.4 is 0 Å². The zero-order chi connectivity index (χ0) is 9.84. The third-order valence-corrected chi connectivity index (χ3v) is 3.00. The van der Waals surface area contributed by atoms with Gasteiger partial charge in [-0.3, -0.25) is 4.90 Å². The minimum atomic E-state index is 0.550. The lowest BCUT2D eigenvalue weighted by molar-refractivity contribution is 0.161. The van der Waals surface area contributed by atoms with E-state index in [0.717, 1.165) is 12.1 Å². The lowest BCUT2D eigenvalue weighted by atomic mass is 10.1. The lowest BCUT2D eigenvalue weighted by Crippen LogP contribution is -2.40. The maximum Gasteiger partial charge on any atom is 0.0253 e. The Morgan fingerprint density at radius 2 is 2.08 bits per heavy atom. The van der Waals surface area contributed by atoms with Crippen LogP contribution in [-0.2, 0) is 0 Å². The molecule has 0 aromatic carbocycles. The van der Waals surface area contributed by atoms with Crippen molar-refractivity contribution in [2.75, 3.05) is 0 Å². The second kappa shape index (κ2) is 4.80. The van der Waals surface area contributed by atoms with E-state index >= 15 is 0 Å². The molecule has 0 aromatic heterocycles. The van der Waals surface area contributed by atoms with Crippen molar-refractivity contribution in [2.24, 2.45) is 0 Å². The summed E-state index contributed by atoms with van der Waals surface area (Å²) in [6.45, 7) is 10.8. The van der Waals surface area contributed by atoms with Crippen molar-refractivity contribution < 1.29 is 0 Å². The first-order valence-corrected chi connectivity index (χ1v) is 5.60. The number of rotatable bonds is 6. The number of hydrogen-bond acceptors (Lipinski definition) is 1. The quantitative estimate of drug-likeness (QED) is 0.569. The van der Waals surface area contributed by atoms with Crippen LogP contribution in [0.4, 0.5) is 0 Å². The van der Waals surface area contributed by atoms with Gasteiger partial charge in [0.05, 0.1) is 0 Å². The van der Waals surface area contributed by atoms with Crippen molar-refractivity contribution in [1.29, 1.82) is 0 Å². The Bertz CT molecular complexity index is 161. The van der Waals surface area contributed by atoms with Gasteiger partial charge in [-0.2, -0.15) is 0 Å². The highest BCUT2D eigenvalue weighted by Gasteiger charge is 2.33. The molecule has 76 valence electrons. The summed E-state index contributed by atoms with van der Waals surface area (Å²) < 4.78 is 0. The van der Waals surface area contributed by atoms with Gasteiger partial charge in [-0.05, 0) is 33.1 Å². The van der Waals surface area contributed by atoms with Crippen LogP contribution in [0.2, 0.25) is 0 Å². The summed E-state index contributed by atoms with van der Waals surface area (Å²) in [5.41, 5.74) is 0. The van der Waals surface area contributed by atoms with E-state index in [0.29, 0.717) is 6.04 Å². The summed E-state index contributed by atoms with van der Waals surface area (Å²) in [5, 5.41) is 0. The molecule has 1 fully saturated rings. The molecule has 1 nitrogen and oxygen atoms in total. The van der Waals surface area contributed by atoms with Crippen LogP contribution in [0.15, 0.2) is 12.7 Å². The van der Waals surface area contributed by atoms with E-state index in [9.17, 15) is 0 Å². The fourth-order valence-corrected chi connectivity index (χ4v) is 2.16. The Balaban J connectivity index is 2.49. The minimum absolute atomic E-state index is 0.550. The molecule has 1 saturated carbocycles. The molecule has 2 atom stereocenters. The zero-order valence-corrected chi connectivity index (χ0v) is 9.29. The van der Waals surface area contributed by atoms with E-state index in [4.69, 9.17) is 0 Å². The van der Waals surface area contributed by atoms with Gasteiger partial charge >= 0.3 is 0 Å². The highest BCUT2D eigenvalue weighted by Crippen LogP contribution is 2.31. The van der Waals surface area contributed by atoms with Gasteiger partial charge in [0, 0.05) is 18.1 Å². The monoisotopic (exact) mass is 181 g/mol. The standard InChI is InChI=1S/C12H23N/c1-5-7-11(4)13(10(3)6-2)12-8-9-12/h6,10-12H,2,5,7-9H2,1,3-4H3/t10-,11-/m0/s1. The van der Waals surface area contributed by atoms with Crippen LogP contribution in [0.5, 0.6) is 0 Å². The van der Waals surface area contributed by atoms with Gasteiger partial charge < -0.3 is 0 Å². The molecule has 1 aliphatic carbocycles. The van der Waals surface area contributed by atoms with Gasteiger partial charge in [-0.1, -0.05) is 19.4 Å². The van der Waals surface area contributed by atoms with Crippen molar-refractivity contribution >= 4 is 0 Å². The summed E-state index contributed by atoms with van der Waals surface area (Å²) in [7, 11) is 0. The zero-order valence-electron chi connectivity index (χ0n) is 9.29. The predicted molar refractivity (Wildman–Crippen MR) is 58.9 cm³/mol. The summed E-state index contributed by atoms with van der Waals surface area (Å²) in [4.78, 5) is 2.64. The van der Waals surface area contributed by atoms with Crippen LogP contribution in [0.3, 0.4) is 0 Å². The van der Waals surface area contributed by atoms with E-state index in [1.165, 1.54) is 25.7 Å². The Kier molecular flexibility index (Phi) is 3.98. The summed E-state index contributed by atoms with van der Waals surface area (Å²) in [6, 6.07) is 2.13. The maximum absolute atomic E-state index is 3.89. The highest BCUT2D eigenvalue weighted by molar-refractivity contribution is 4.95. The summed E-state index contributed by atoms with van der Waals surface area (Å²) in [6.07, 6.45) is 7.46. The predicted octanol–water partition coefficient (Wildman–Crippen LogP) is 3.21. The average Bonchev–Trinajstić information content (AvgIpc) is 2.89. The first kappa shape index (κ1) is 10.8. The molecule has 0 heterocycles. The Morgan fingerprint density at radius 3 is 2.46 bits per heavy atom. The van der Waals surface area contributed by atoms with Crippen molar-refractivity contribution in [2.45, 2.75) is 64.6 Å². The third kappa shape index (κ3) is 2.84. The second-order valence-corrected chi connectivity index (χ2v) is 4.29. The molecule has 0 aliphatic heterocycles. The van der Waals surface area contributed by atoms with Crippen molar-refractivity contribution in [3.05, 3.63) is 12.7 Å². The Labute approximate surface area is 82.8 Å². The third-order valence-electron chi connectivity index (χ3n) is 3.00. The first-order chi connectivity index (χ1) is 6.20. The normalized spacial score (nSPS) is 21.5. The molecular formula is C12H23N. The van der Waals surface area contributed by atoms with Crippen LogP contribution in [0.1, 0.15) is 46.5 Å². The van der Waals surface area contributed by atoms with E-state index in [-0.39, 0.29) is 0 Å². The van der Waals surface area contributed by atoms with Gasteiger partial charge in [0.2, 0.25) is 0 Å². The molecule has 1 rings (SSSR count). The smallest absolute Gasteiger partial charge is 0.0253 e. The molecule has 0 saturated heterocycles. The molecule has 0 aromatic rings. The van der Waals surface area contributed by atoms with Crippen molar-refractivity contribution in [1.82, 2.24) is 4.90 Å². The van der Waals surface area contributed by atoms with Crippen molar-refractivity contribution in [3.8, 4) is 0 Å². The molecule has 1 aliphatic rings. The average molecular weight is 181 g/mol. The molecule has 1 heteroatoms. The number of hydrogen-bond donors (Lipinski definition) is 0. The fourth-order valence-electron chi connectivity index (χ4n) is 2.16. The molecule has 0 spiro atoms. The molecular weight excluding hydrogens is 158 g/mol. The highest BCUT2D eigenvalue weighted by atomic mass is 15.2. The van der Waals surface area contributed by atoms with Gasteiger partial charge in [0.1, 0.15) is 0 Å². The van der Waals surface area contributed by atoms with Crippen molar-refractivity contribution in [3.63, 3.8) is 0 Å². The molecule has 0 unspecified atom stereocenters. The Morgan fingerprint density at radius 1 is 1.46 bits per heavy atom. The van der Waals surface area contributed by atoms with Gasteiger partial charge in [-0.25, -0.2) is 0 Å². The van der Waals surface area contributed by atoms with E-state index in [1.807, 2.05) is 0 Å². The van der Waals surface area contributed by atoms with Crippen LogP contribution in [0.25, 0.3) is 0 Å². The van der Waals surface area contributed by atoms with Gasteiger partial charge in [-0.15, -0.1) is 6.58 Å². The van der Waals surface area contributed by atoms with E-state index < -0.39 is 0 Å². The topological polar surface area (TPSA) is 3.24 Å². The van der Waals surface area contributed by atoms with Crippen LogP contribution in [0, 0.1) is 0 Å². The molecule has 0 N–H and O–H groups in total. The molecule has 0 amide bonds. The van der Waals surface area contributed by atoms with Crippen LogP contribution in [-0.4, -0.2) is 23.0 Å². The SMILES string of the molecule is C=C[C@H](C)N(C1CC1)[C@@H](C)CCC. The van der Waals surface area contributed by atoms with Crippen LogP contribution >= 0.6 is 0 Å². The van der Waals surface area contributed by atoms with Gasteiger partial charge in [0.15, 0.2) is 0 Å². The van der Waals surface area contributed by atoms with Gasteiger partial charge in [0.25, 0.3) is 0 Å². The minimum Gasteiger partial charge on any atom is -0.292 e. The second-order valence-electron chi connectivity index (χ2n) is 4.29. The largest absolute Gasteiger partial charge is 0.292 e. The lowest BCUT2D eigenvalue weighted by Gasteiger charge is -2.33. The van der Waals surface area contributed by atoms with E-state index in [2.05, 4.69) is 38.3 Å². The molecule has 0 bridgehead atoms. The fraction of sp³-hybridized carbons (Fsp3) is 0.833. The number of nitrogens with zero attached hydrogens (tertiary/aromatic N) is 1. The Hall–Kier alpha value is -0.300. The summed E-state index contributed by atoms with van der Waals surface area (Å²) >= 11 is 0.